The van der Waals surface area contributed by atoms with E-state index in [0.717, 1.165) is 25.2 Å². The number of hydrogen-bond donors (Lipinski definition) is 0. The lowest BCUT2D eigenvalue weighted by atomic mass is 9.78. The summed E-state index contributed by atoms with van der Waals surface area (Å²) in [5.41, 5.74) is -0.369. The van der Waals surface area contributed by atoms with E-state index in [1.54, 1.807) is 0 Å². The first kappa shape index (κ1) is 20.8. The standard InChI is InChI=1S/C23H25F5/c1-2-3-14-4-6-15(7-5-14)8-9-16-10-18(24)22(19(25)11-16)17-12-20(26)23(28)21(27)13-17/h10-15H,2-9H2,1H3. The molecular formula is C23H25F5. The summed E-state index contributed by atoms with van der Waals surface area (Å²) in [6.45, 7) is 2.20. The average molecular weight is 396 g/mol. The fourth-order valence-corrected chi connectivity index (χ4v) is 4.33. The van der Waals surface area contributed by atoms with Gasteiger partial charge in [0.05, 0.1) is 5.56 Å². The van der Waals surface area contributed by atoms with Gasteiger partial charge in [-0.3, -0.25) is 0 Å². The average Bonchev–Trinajstić information content (AvgIpc) is 2.65. The predicted octanol–water partition coefficient (Wildman–Crippen LogP) is 7.59. The minimum Gasteiger partial charge on any atom is -0.206 e. The van der Waals surface area contributed by atoms with Gasteiger partial charge in [-0.05, 0) is 60.1 Å². The van der Waals surface area contributed by atoms with Crippen molar-refractivity contribution in [2.45, 2.75) is 58.3 Å². The van der Waals surface area contributed by atoms with Crippen molar-refractivity contribution in [3.8, 4) is 11.1 Å². The molecule has 2 aromatic rings. The van der Waals surface area contributed by atoms with Crippen LogP contribution < -0.4 is 0 Å². The zero-order chi connectivity index (χ0) is 20.3. The van der Waals surface area contributed by atoms with Gasteiger partial charge in [-0.1, -0.05) is 45.4 Å². The highest BCUT2D eigenvalue weighted by molar-refractivity contribution is 5.65. The molecule has 0 aliphatic heterocycles. The lowest BCUT2D eigenvalue weighted by Crippen LogP contribution is -2.15. The van der Waals surface area contributed by atoms with Gasteiger partial charge in [0, 0.05) is 0 Å². The molecule has 0 radical (unpaired) electrons. The van der Waals surface area contributed by atoms with Gasteiger partial charge in [-0.25, -0.2) is 22.0 Å². The maximum atomic E-state index is 14.5. The summed E-state index contributed by atoms with van der Waals surface area (Å²) in [7, 11) is 0. The molecule has 0 heterocycles. The lowest BCUT2D eigenvalue weighted by molar-refractivity contribution is 0.252. The van der Waals surface area contributed by atoms with Crippen LogP contribution in [0.15, 0.2) is 24.3 Å². The molecule has 0 spiro atoms. The highest BCUT2D eigenvalue weighted by Gasteiger charge is 2.22. The third-order valence-electron chi connectivity index (χ3n) is 5.88. The van der Waals surface area contributed by atoms with Crippen LogP contribution in [-0.2, 0) is 6.42 Å². The van der Waals surface area contributed by atoms with Crippen LogP contribution in [0.2, 0.25) is 0 Å². The SMILES string of the molecule is CCCC1CCC(CCc2cc(F)c(-c3cc(F)c(F)c(F)c3)c(F)c2)CC1. The minimum absolute atomic E-state index is 0.354. The number of halogens is 5. The predicted molar refractivity (Wildman–Crippen MR) is 100 cm³/mol. The van der Waals surface area contributed by atoms with E-state index in [1.165, 1.54) is 37.8 Å². The Kier molecular flexibility index (Phi) is 6.73. The Morgan fingerprint density at radius 2 is 1.21 bits per heavy atom. The van der Waals surface area contributed by atoms with Crippen LogP contribution >= 0.6 is 0 Å². The minimum atomic E-state index is -1.66. The normalized spacial score (nSPS) is 19.8. The van der Waals surface area contributed by atoms with Crippen molar-refractivity contribution >= 4 is 0 Å². The molecule has 0 unspecified atom stereocenters. The van der Waals surface area contributed by atoms with Crippen LogP contribution in [-0.4, -0.2) is 0 Å². The van der Waals surface area contributed by atoms with Gasteiger partial charge >= 0.3 is 0 Å². The Morgan fingerprint density at radius 1 is 0.714 bits per heavy atom. The van der Waals surface area contributed by atoms with E-state index in [2.05, 4.69) is 6.92 Å². The maximum Gasteiger partial charge on any atom is 0.194 e. The molecule has 0 amide bonds. The second-order valence-electron chi connectivity index (χ2n) is 7.90. The van der Waals surface area contributed by atoms with Gasteiger partial charge in [0.25, 0.3) is 0 Å². The molecule has 5 heteroatoms. The first-order valence-electron chi connectivity index (χ1n) is 10.0. The molecule has 1 aliphatic carbocycles. The number of benzene rings is 2. The fourth-order valence-electron chi connectivity index (χ4n) is 4.33. The van der Waals surface area contributed by atoms with Crippen LogP contribution in [0.3, 0.4) is 0 Å². The molecule has 0 aromatic heterocycles. The second-order valence-corrected chi connectivity index (χ2v) is 7.90. The van der Waals surface area contributed by atoms with E-state index < -0.39 is 34.6 Å². The Labute approximate surface area is 162 Å². The Morgan fingerprint density at radius 3 is 1.71 bits per heavy atom. The van der Waals surface area contributed by atoms with Gasteiger partial charge in [0.15, 0.2) is 17.5 Å². The van der Waals surface area contributed by atoms with Crippen LogP contribution in [0.5, 0.6) is 0 Å². The Hall–Kier alpha value is -1.91. The number of aryl methyl sites for hydroxylation is 1. The van der Waals surface area contributed by atoms with Crippen molar-refractivity contribution in [1.82, 2.24) is 0 Å². The molecule has 1 saturated carbocycles. The third-order valence-corrected chi connectivity index (χ3v) is 5.88. The molecule has 0 atom stereocenters. The lowest BCUT2D eigenvalue weighted by Gasteiger charge is -2.28. The van der Waals surface area contributed by atoms with E-state index in [0.29, 0.717) is 30.0 Å². The van der Waals surface area contributed by atoms with Crippen molar-refractivity contribution in [3.63, 3.8) is 0 Å². The summed E-state index contributed by atoms with van der Waals surface area (Å²) < 4.78 is 68.9. The highest BCUT2D eigenvalue weighted by Crippen LogP contribution is 2.35. The van der Waals surface area contributed by atoms with E-state index in [1.807, 2.05) is 0 Å². The van der Waals surface area contributed by atoms with Crippen molar-refractivity contribution in [2.24, 2.45) is 11.8 Å². The van der Waals surface area contributed by atoms with E-state index in [9.17, 15) is 22.0 Å². The van der Waals surface area contributed by atoms with Crippen molar-refractivity contribution < 1.29 is 22.0 Å². The van der Waals surface area contributed by atoms with Crippen molar-refractivity contribution in [3.05, 3.63) is 58.9 Å². The number of hydrogen-bond acceptors (Lipinski definition) is 0. The molecular weight excluding hydrogens is 371 g/mol. The molecule has 3 rings (SSSR count). The molecule has 0 N–H and O–H groups in total. The van der Waals surface area contributed by atoms with E-state index in [-0.39, 0.29) is 5.56 Å². The molecule has 28 heavy (non-hydrogen) atoms. The van der Waals surface area contributed by atoms with Gasteiger partial charge in [0.1, 0.15) is 11.6 Å². The van der Waals surface area contributed by atoms with Crippen LogP contribution in [0.25, 0.3) is 11.1 Å². The van der Waals surface area contributed by atoms with Crippen molar-refractivity contribution in [1.29, 1.82) is 0 Å². The summed E-state index contributed by atoms with van der Waals surface area (Å²) in [6, 6.07) is 3.63. The summed E-state index contributed by atoms with van der Waals surface area (Å²) >= 11 is 0. The summed E-state index contributed by atoms with van der Waals surface area (Å²) in [5.74, 6) is -5.02. The molecule has 1 fully saturated rings. The van der Waals surface area contributed by atoms with Crippen LogP contribution in [0.4, 0.5) is 22.0 Å². The summed E-state index contributed by atoms with van der Waals surface area (Å²) in [5, 5.41) is 0. The fraction of sp³-hybridized carbons (Fsp3) is 0.478. The van der Waals surface area contributed by atoms with E-state index in [4.69, 9.17) is 0 Å². The second kappa shape index (κ2) is 9.06. The molecule has 1 aliphatic rings. The zero-order valence-corrected chi connectivity index (χ0v) is 16.0. The van der Waals surface area contributed by atoms with Gasteiger partial charge in [0.2, 0.25) is 0 Å². The Bertz CT molecular complexity index is 776. The Balaban J connectivity index is 1.69. The topological polar surface area (TPSA) is 0 Å². The highest BCUT2D eigenvalue weighted by atomic mass is 19.2. The molecule has 0 saturated heterocycles. The maximum absolute atomic E-state index is 14.5. The van der Waals surface area contributed by atoms with Gasteiger partial charge in [-0.2, -0.15) is 0 Å². The monoisotopic (exact) mass is 396 g/mol. The quantitative estimate of drug-likeness (QED) is 0.349. The van der Waals surface area contributed by atoms with Crippen LogP contribution in [0.1, 0.15) is 57.4 Å². The van der Waals surface area contributed by atoms with Crippen molar-refractivity contribution in [2.75, 3.05) is 0 Å². The summed E-state index contributed by atoms with van der Waals surface area (Å²) in [6.07, 6.45) is 8.67. The third kappa shape index (κ3) is 4.73. The first-order valence-corrected chi connectivity index (χ1v) is 10.0. The molecule has 2 aromatic carbocycles. The van der Waals surface area contributed by atoms with E-state index >= 15 is 0 Å². The van der Waals surface area contributed by atoms with Gasteiger partial charge < -0.3 is 0 Å². The van der Waals surface area contributed by atoms with Crippen LogP contribution in [0, 0.1) is 40.9 Å². The van der Waals surface area contributed by atoms with Gasteiger partial charge in [-0.15, -0.1) is 0 Å². The molecule has 0 nitrogen and oxygen atoms in total. The summed E-state index contributed by atoms with van der Waals surface area (Å²) in [4.78, 5) is 0. The largest absolute Gasteiger partial charge is 0.206 e. The smallest absolute Gasteiger partial charge is 0.194 e. The molecule has 0 bridgehead atoms. The molecule has 152 valence electrons. The first-order chi connectivity index (χ1) is 13.4. The number of rotatable bonds is 6. The zero-order valence-electron chi connectivity index (χ0n) is 16.0.